The summed E-state index contributed by atoms with van der Waals surface area (Å²) in [6.45, 7) is 8.20. The summed E-state index contributed by atoms with van der Waals surface area (Å²) in [6, 6.07) is 26.9. The van der Waals surface area contributed by atoms with E-state index in [-0.39, 0.29) is 29.6 Å². The van der Waals surface area contributed by atoms with Gasteiger partial charge in [-0.3, -0.25) is 9.59 Å². The Morgan fingerprint density at radius 1 is 0.580 bits per heavy atom. The minimum absolute atomic E-state index is 0.0244. The molecule has 2 aliphatic carbocycles. The van der Waals surface area contributed by atoms with Crippen LogP contribution in [0.15, 0.2) is 109 Å². The minimum atomic E-state index is -1.51. The van der Waals surface area contributed by atoms with Crippen LogP contribution in [0.5, 0.6) is 11.5 Å². The van der Waals surface area contributed by atoms with Crippen LogP contribution >= 0.6 is 8.38 Å². The molecule has 4 aliphatic rings. The van der Waals surface area contributed by atoms with E-state index in [4.69, 9.17) is 9.05 Å². The number of aryl methyl sites for hydroxylation is 4. The van der Waals surface area contributed by atoms with Crippen LogP contribution in [0.3, 0.4) is 0 Å². The van der Waals surface area contributed by atoms with Gasteiger partial charge >= 0.3 is 8.38 Å². The van der Waals surface area contributed by atoms with Crippen LogP contribution in [-0.2, 0) is 0 Å². The van der Waals surface area contributed by atoms with Crippen molar-refractivity contribution in [1.82, 2.24) is 9.80 Å². The number of carbonyl (C=O) groups excluding carboxylic acids is 2. The number of fused-ring (bicyclic) bond motifs is 6. The Morgan fingerprint density at radius 3 is 1.40 bits per heavy atom. The predicted molar refractivity (Wildman–Crippen MR) is 199 cm³/mol. The van der Waals surface area contributed by atoms with Gasteiger partial charge < -0.3 is 18.8 Å². The molecule has 1 saturated carbocycles. The first kappa shape index (κ1) is 32.5. The summed E-state index contributed by atoms with van der Waals surface area (Å²) in [7, 11) is -1.51. The lowest BCUT2D eigenvalue weighted by Crippen LogP contribution is -2.65. The Balaban J connectivity index is 1.42. The van der Waals surface area contributed by atoms with Gasteiger partial charge in [0, 0.05) is 22.3 Å². The van der Waals surface area contributed by atoms with Gasteiger partial charge in [-0.1, -0.05) is 96.8 Å². The van der Waals surface area contributed by atoms with E-state index in [0.29, 0.717) is 22.6 Å². The van der Waals surface area contributed by atoms with E-state index in [1.807, 2.05) is 74.5 Å². The second kappa shape index (κ2) is 13.2. The van der Waals surface area contributed by atoms with Crippen molar-refractivity contribution in [2.75, 3.05) is 0 Å². The van der Waals surface area contributed by atoms with E-state index in [0.717, 1.165) is 59.1 Å². The Hall–Kier alpha value is -4.67. The number of carbonyl (C=O) groups is 2. The topological polar surface area (TPSA) is 59.1 Å². The Labute approximate surface area is 296 Å². The van der Waals surface area contributed by atoms with Gasteiger partial charge in [-0.15, -0.1) is 0 Å². The average Bonchev–Trinajstić information content (AvgIpc) is 3.67. The fraction of sp³-hybridized carbons (Fsp3) is 0.302. The summed E-state index contributed by atoms with van der Waals surface area (Å²) in [5.74, 6) is 1.35. The van der Waals surface area contributed by atoms with E-state index in [1.165, 1.54) is 0 Å². The van der Waals surface area contributed by atoms with E-state index >= 15 is 9.59 Å². The number of hydrogen-bond donors (Lipinski definition) is 0. The lowest BCUT2D eigenvalue weighted by Gasteiger charge is -2.58. The molecule has 2 aliphatic heterocycles. The molecular formula is C43H43N2O4P. The molecule has 2 heterocycles. The van der Waals surface area contributed by atoms with Gasteiger partial charge in [-0.25, -0.2) is 0 Å². The molecule has 4 aromatic rings. The first-order chi connectivity index (χ1) is 24.3. The Morgan fingerprint density at radius 2 is 0.980 bits per heavy atom. The van der Waals surface area contributed by atoms with Gasteiger partial charge in [-0.2, -0.15) is 0 Å². The quantitative estimate of drug-likeness (QED) is 0.202. The third kappa shape index (κ3) is 5.84. The standard InChI is InChI=1S/C43H43N2O4P/c1-27-13-19-31(20-14-27)42(46)44-36-11-7-8-12-37(36)45(43(47)32-21-15-28(2)16-22-32)41-35-24-18-30(4)26-39(35)49-50(33-9-5-6-10-33)48-38-25-29(3)17-23-34(38)40(41)44/h5-6,9-10,13-26,33,36-37,40-41H,7-8,11-12H2,1-4H3/t36-,37-,40+,41+/m0/s1. The van der Waals surface area contributed by atoms with Crippen molar-refractivity contribution in [3.05, 3.63) is 154 Å². The molecule has 2 fully saturated rings. The molecule has 0 bridgehead atoms. The fourth-order valence-corrected chi connectivity index (χ4v) is 9.63. The van der Waals surface area contributed by atoms with Crippen LogP contribution in [0, 0.1) is 27.7 Å². The van der Waals surface area contributed by atoms with E-state index in [2.05, 4.69) is 72.2 Å². The average molecular weight is 683 g/mol. The molecule has 0 spiro atoms. The monoisotopic (exact) mass is 682 g/mol. The molecule has 6 nitrogen and oxygen atoms in total. The van der Waals surface area contributed by atoms with E-state index < -0.39 is 20.5 Å². The third-order valence-electron chi connectivity index (χ3n) is 10.7. The summed E-state index contributed by atoms with van der Waals surface area (Å²) in [5.41, 5.74) is 7.33. The highest BCUT2D eigenvalue weighted by atomic mass is 31.2. The number of benzene rings is 4. The molecule has 254 valence electrons. The van der Waals surface area contributed by atoms with Crippen LogP contribution in [0.4, 0.5) is 0 Å². The molecule has 0 aromatic heterocycles. The van der Waals surface area contributed by atoms with Crippen LogP contribution in [0.2, 0.25) is 0 Å². The van der Waals surface area contributed by atoms with Gasteiger partial charge in [0.25, 0.3) is 11.8 Å². The van der Waals surface area contributed by atoms with Crippen LogP contribution in [-0.4, -0.2) is 39.4 Å². The summed E-state index contributed by atoms with van der Waals surface area (Å²) < 4.78 is 14.0. The zero-order valence-electron chi connectivity index (χ0n) is 29.1. The SMILES string of the molecule is Cc1ccc(C(=O)N2[C@@H]3c4ccc(C)cc4OP(C4C=CC=C4)Oc4cc(C)ccc4[C@H]3N(C(=O)c3ccc(C)cc3)[C@H]3CCCC[C@@H]32)cc1. The lowest BCUT2D eigenvalue weighted by atomic mass is 9.77. The van der Waals surface area contributed by atoms with Gasteiger partial charge in [0.1, 0.15) is 11.5 Å². The predicted octanol–water partition coefficient (Wildman–Crippen LogP) is 9.89. The van der Waals surface area contributed by atoms with E-state index in [1.54, 1.807) is 0 Å². The zero-order valence-corrected chi connectivity index (χ0v) is 30.0. The lowest BCUT2D eigenvalue weighted by molar-refractivity contribution is -0.0531. The van der Waals surface area contributed by atoms with Gasteiger partial charge in [0.2, 0.25) is 0 Å². The molecule has 2 amide bonds. The molecule has 4 atom stereocenters. The van der Waals surface area contributed by atoms with Crippen LogP contribution in [0.25, 0.3) is 0 Å². The highest BCUT2D eigenvalue weighted by molar-refractivity contribution is 7.49. The minimum Gasteiger partial charge on any atom is -0.438 e. The molecule has 0 unspecified atom stereocenters. The van der Waals surface area contributed by atoms with Gasteiger partial charge in [-0.05, 0) is 88.1 Å². The van der Waals surface area contributed by atoms with Crippen molar-refractivity contribution >= 4 is 20.2 Å². The smallest absolute Gasteiger partial charge is 0.301 e. The molecule has 7 heteroatoms. The molecule has 4 aromatic carbocycles. The summed E-state index contributed by atoms with van der Waals surface area (Å²) in [6.07, 6.45) is 11.9. The highest BCUT2D eigenvalue weighted by Gasteiger charge is 2.54. The van der Waals surface area contributed by atoms with Gasteiger partial charge in [0.05, 0.1) is 29.8 Å². The zero-order chi connectivity index (χ0) is 34.5. The molecular weight excluding hydrogens is 639 g/mol. The van der Waals surface area contributed by atoms with Crippen molar-refractivity contribution < 1.29 is 18.6 Å². The Kier molecular flexibility index (Phi) is 8.60. The second-order valence-corrected chi connectivity index (χ2v) is 15.8. The number of hydrogen-bond acceptors (Lipinski definition) is 4. The molecule has 0 radical (unpaired) electrons. The highest BCUT2D eigenvalue weighted by Crippen LogP contribution is 2.58. The number of rotatable bonds is 3. The van der Waals surface area contributed by atoms with Crippen molar-refractivity contribution in [2.45, 2.75) is 83.2 Å². The van der Waals surface area contributed by atoms with Crippen LogP contribution in [0.1, 0.15) is 91.9 Å². The summed E-state index contributed by atoms with van der Waals surface area (Å²) in [4.78, 5) is 34.5. The first-order valence-corrected chi connectivity index (χ1v) is 19.0. The van der Waals surface area contributed by atoms with Crippen molar-refractivity contribution in [3.8, 4) is 11.5 Å². The van der Waals surface area contributed by atoms with Crippen molar-refractivity contribution in [3.63, 3.8) is 0 Å². The van der Waals surface area contributed by atoms with E-state index in [9.17, 15) is 0 Å². The number of piperazine rings is 1. The third-order valence-corrected chi connectivity index (χ3v) is 12.3. The maximum atomic E-state index is 15.1. The summed E-state index contributed by atoms with van der Waals surface area (Å²) in [5, 5.41) is 0. The van der Waals surface area contributed by atoms with Crippen LogP contribution < -0.4 is 9.05 Å². The Bertz CT molecular complexity index is 1860. The fourth-order valence-electron chi connectivity index (χ4n) is 8.17. The maximum Gasteiger partial charge on any atom is 0.301 e. The normalized spacial score (nSPS) is 23.0. The largest absolute Gasteiger partial charge is 0.438 e. The number of nitrogens with zero attached hydrogens (tertiary/aromatic N) is 2. The number of amides is 2. The maximum absolute atomic E-state index is 15.1. The molecule has 8 rings (SSSR count). The molecule has 50 heavy (non-hydrogen) atoms. The number of allylic oxidation sites excluding steroid dienone is 4. The van der Waals surface area contributed by atoms with Crippen molar-refractivity contribution in [2.24, 2.45) is 0 Å². The molecule has 0 N–H and O–H groups in total. The van der Waals surface area contributed by atoms with Gasteiger partial charge in [0.15, 0.2) is 0 Å². The second-order valence-electron chi connectivity index (χ2n) is 14.3. The molecule has 1 saturated heterocycles. The summed E-state index contributed by atoms with van der Waals surface area (Å²) >= 11 is 0. The van der Waals surface area contributed by atoms with Crippen molar-refractivity contribution in [1.29, 1.82) is 0 Å². The first-order valence-electron chi connectivity index (χ1n) is 17.8.